The van der Waals surface area contributed by atoms with E-state index in [9.17, 15) is 0 Å². The maximum absolute atomic E-state index is 5.25. The Labute approximate surface area is 60.4 Å². The minimum Gasteiger partial charge on any atom is -0.418 e. The van der Waals surface area contributed by atoms with E-state index in [1.165, 1.54) is 0 Å². The molecule has 0 aliphatic heterocycles. The van der Waals surface area contributed by atoms with Crippen molar-refractivity contribution in [3.05, 3.63) is 7.11 Å². The van der Waals surface area contributed by atoms with Crippen LogP contribution in [0.3, 0.4) is 0 Å². The van der Waals surface area contributed by atoms with Crippen LogP contribution in [0.1, 0.15) is 0 Å². The van der Waals surface area contributed by atoms with Crippen molar-refractivity contribution < 1.29 is 4.43 Å². The molecule has 0 aromatic rings. The molecule has 0 rings (SSSR count). The summed E-state index contributed by atoms with van der Waals surface area (Å²) in [4.78, 5) is 0. The zero-order chi connectivity index (χ0) is 7.71. The molecule has 0 unspecified atom stereocenters. The van der Waals surface area contributed by atoms with E-state index in [4.69, 9.17) is 4.43 Å². The van der Waals surface area contributed by atoms with Gasteiger partial charge in [-0.1, -0.05) is 19.6 Å². The molecule has 55 valence electrons. The summed E-state index contributed by atoms with van der Waals surface area (Å²) in [5.41, 5.74) is 0. The predicted molar refractivity (Wildman–Crippen MR) is 47.3 cm³/mol. The molecular formula is C6H17OSi2. The minimum absolute atomic E-state index is 1.03. The third kappa shape index (κ3) is 2.23. The molecule has 0 atom stereocenters. The Kier molecular flexibility index (Phi) is 2.67. The molecule has 0 aromatic heterocycles. The Morgan fingerprint density at radius 3 is 1.33 bits per heavy atom. The fourth-order valence-electron chi connectivity index (χ4n) is 0.217. The Balaban J connectivity index is 4.14. The predicted octanol–water partition coefficient (Wildman–Crippen LogP) is 2.42. The van der Waals surface area contributed by atoms with Gasteiger partial charge < -0.3 is 4.43 Å². The highest BCUT2D eigenvalue weighted by Crippen LogP contribution is 2.18. The first-order chi connectivity index (χ1) is 3.81. The lowest BCUT2D eigenvalue weighted by Gasteiger charge is -2.32. The molecule has 0 bridgehead atoms. The smallest absolute Gasteiger partial charge is 0.173 e. The van der Waals surface area contributed by atoms with Gasteiger partial charge in [-0.2, -0.15) is 0 Å². The largest absolute Gasteiger partial charge is 0.418 e. The average molecular weight is 161 g/mol. The summed E-state index contributed by atoms with van der Waals surface area (Å²) in [5.74, 6) is 0. The van der Waals surface area contributed by atoms with E-state index >= 15 is 0 Å². The van der Waals surface area contributed by atoms with E-state index in [2.05, 4.69) is 39.8 Å². The van der Waals surface area contributed by atoms with Gasteiger partial charge in [0.1, 0.15) is 0 Å². The summed E-state index contributed by atoms with van der Waals surface area (Å²) in [7, 11) is 1.14. The van der Waals surface area contributed by atoms with Gasteiger partial charge in [-0.25, -0.2) is 0 Å². The van der Waals surface area contributed by atoms with Crippen molar-refractivity contribution in [3.8, 4) is 0 Å². The zero-order valence-corrected chi connectivity index (χ0v) is 9.12. The van der Waals surface area contributed by atoms with Crippen LogP contribution in [0.25, 0.3) is 0 Å². The first-order valence-corrected chi connectivity index (χ1v) is 10.7. The lowest BCUT2D eigenvalue weighted by atomic mass is 11.8. The van der Waals surface area contributed by atoms with E-state index in [0.717, 1.165) is 0 Å². The Morgan fingerprint density at radius 2 is 1.33 bits per heavy atom. The molecule has 9 heavy (non-hydrogen) atoms. The van der Waals surface area contributed by atoms with E-state index in [1.807, 2.05) is 0 Å². The normalized spacial score (nSPS) is 14.0. The van der Waals surface area contributed by atoms with Crippen molar-refractivity contribution in [3.63, 3.8) is 0 Å². The van der Waals surface area contributed by atoms with Crippen molar-refractivity contribution in [1.82, 2.24) is 0 Å². The van der Waals surface area contributed by atoms with Crippen molar-refractivity contribution >= 4 is 15.4 Å². The van der Waals surface area contributed by atoms with Gasteiger partial charge in [-0.15, -0.1) is 0 Å². The summed E-state index contributed by atoms with van der Waals surface area (Å²) in [6, 6.07) is 0. The van der Waals surface area contributed by atoms with E-state index in [1.54, 1.807) is 0 Å². The van der Waals surface area contributed by atoms with Crippen LogP contribution < -0.4 is 0 Å². The van der Waals surface area contributed by atoms with Gasteiger partial charge in [0.05, 0.1) is 14.7 Å². The molecule has 0 amide bonds. The van der Waals surface area contributed by atoms with Crippen molar-refractivity contribution in [2.24, 2.45) is 0 Å². The molecule has 3 heteroatoms. The highest BCUT2D eigenvalue weighted by molar-refractivity contribution is 7.37. The standard InChI is InChI=1S/C6H17OSi2/c1-7-9(5,6)8(2,3)4/h1H2,2-6H3. The topological polar surface area (TPSA) is 9.23 Å². The fraction of sp³-hybridized carbons (Fsp3) is 0.833. The van der Waals surface area contributed by atoms with Crippen LogP contribution in [0.5, 0.6) is 0 Å². The molecule has 0 aromatic carbocycles. The van der Waals surface area contributed by atoms with E-state index < -0.39 is 15.4 Å². The highest BCUT2D eigenvalue weighted by atomic mass is 29.3. The SMILES string of the molecule is [CH2]O[Si](C)(C)[Si](C)(C)C. The second-order valence-electron chi connectivity index (χ2n) is 3.90. The van der Waals surface area contributed by atoms with E-state index in [0.29, 0.717) is 0 Å². The van der Waals surface area contributed by atoms with Crippen LogP contribution in [0.4, 0.5) is 0 Å². The molecule has 0 fully saturated rings. The van der Waals surface area contributed by atoms with Crippen LogP contribution in [-0.2, 0) is 4.43 Å². The van der Waals surface area contributed by atoms with Gasteiger partial charge in [0.15, 0.2) is 7.83 Å². The second-order valence-corrected chi connectivity index (χ2v) is 19.8. The molecule has 1 radical (unpaired) electrons. The number of hydrogen-bond acceptors (Lipinski definition) is 1. The third-order valence-corrected chi connectivity index (χ3v) is 17.8. The summed E-state index contributed by atoms with van der Waals surface area (Å²) in [6.07, 6.45) is 0. The first-order valence-electron chi connectivity index (χ1n) is 3.24. The average Bonchev–Trinajstić information content (AvgIpc) is 1.64. The van der Waals surface area contributed by atoms with Crippen LogP contribution in [-0.4, -0.2) is 15.4 Å². The lowest BCUT2D eigenvalue weighted by molar-refractivity contribution is 0.480. The van der Waals surface area contributed by atoms with Crippen molar-refractivity contribution in [2.45, 2.75) is 32.7 Å². The summed E-state index contributed by atoms with van der Waals surface area (Å²) < 4.78 is 5.25. The maximum Gasteiger partial charge on any atom is 0.173 e. The van der Waals surface area contributed by atoms with Gasteiger partial charge >= 0.3 is 0 Å². The Morgan fingerprint density at radius 1 is 1.00 bits per heavy atom. The minimum atomic E-state index is -1.35. The summed E-state index contributed by atoms with van der Waals surface area (Å²) in [5, 5.41) is 0. The number of rotatable bonds is 2. The quantitative estimate of drug-likeness (QED) is 0.565. The first kappa shape index (κ1) is 9.39. The molecular weight excluding hydrogens is 144 g/mol. The van der Waals surface area contributed by atoms with Crippen LogP contribution in [0, 0.1) is 7.11 Å². The summed E-state index contributed by atoms with van der Waals surface area (Å²) >= 11 is 0. The molecule has 1 nitrogen and oxygen atoms in total. The van der Waals surface area contributed by atoms with Gasteiger partial charge in [0.2, 0.25) is 0 Å². The van der Waals surface area contributed by atoms with Gasteiger partial charge in [-0.3, -0.25) is 0 Å². The Hall–Kier alpha value is 0.394. The molecule has 0 saturated heterocycles. The second kappa shape index (κ2) is 2.56. The third-order valence-electron chi connectivity index (χ3n) is 2.17. The van der Waals surface area contributed by atoms with Crippen LogP contribution >= 0.6 is 0 Å². The van der Waals surface area contributed by atoms with Gasteiger partial charge in [0.25, 0.3) is 0 Å². The zero-order valence-electron chi connectivity index (χ0n) is 7.12. The van der Waals surface area contributed by atoms with E-state index in [-0.39, 0.29) is 0 Å². The van der Waals surface area contributed by atoms with Gasteiger partial charge in [0, 0.05) is 0 Å². The molecule has 0 aliphatic rings. The van der Waals surface area contributed by atoms with Gasteiger partial charge in [-0.05, 0) is 13.1 Å². The van der Waals surface area contributed by atoms with Crippen molar-refractivity contribution in [2.75, 3.05) is 0 Å². The molecule has 0 heterocycles. The lowest BCUT2D eigenvalue weighted by Crippen LogP contribution is -2.53. The molecule has 0 N–H and O–H groups in total. The Bertz CT molecular complexity index is 93.7. The molecule has 0 saturated carbocycles. The highest BCUT2D eigenvalue weighted by Gasteiger charge is 2.37. The van der Waals surface area contributed by atoms with Crippen LogP contribution in [0.2, 0.25) is 32.7 Å². The van der Waals surface area contributed by atoms with Crippen LogP contribution in [0.15, 0.2) is 0 Å². The monoisotopic (exact) mass is 161 g/mol. The molecule has 0 spiro atoms. The number of hydrogen-bond donors (Lipinski definition) is 0. The van der Waals surface area contributed by atoms with Crippen molar-refractivity contribution in [1.29, 1.82) is 0 Å². The fourth-order valence-corrected chi connectivity index (χ4v) is 1.95. The molecule has 0 aliphatic carbocycles. The summed E-state index contributed by atoms with van der Waals surface area (Å²) in [6.45, 7) is 11.5. The maximum atomic E-state index is 5.25.